The van der Waals surface area contributed by atoms with Crippen molar-refractivity contribution in [3.63, 3.8) is 0 Å². The van der Waals surface area contributed by atoms with E-state index in [0.29, 0.717) is 6.42 Å². The van der Waals surface area contributed by atoms with E-state index >= 15 is 0 Å². The van der Waals surface area contributed by atoms with Gasteiger partial charge in [-0.05, 0) is 48.9 Å². The first-order valence-electron chi connectivity index (χ1n) is 11.3. The number of rotatable bonds is 2. The van der Waals surface area contributed by atoms with Crippen LogP contribution in [-0.4, -0.2) is 18.5 Å². The van der Waals surface area contributed by atoms with E-state index in [4.69, 9.17) is 4.74 Å². The van der Waals surface area contributed by atoms with Crippen LogP contribution in [0.15, 0.2) is 48.5 Å². The molecule has 1 heterocycles. The van der Waals surface area contributed by atoms with Crippen LogP contribution in [0.3, 0.4) is 0 Å². The molecule has 0 radical (unpaired) electrons. The number of fused-ring (bicyclic) bond motifs is 6. The van der Waals surface area contributed by atoms with Crippen LogP contribution >= 0.6 is 0 Å². The molecule has 2 aliphatic carbocycles. The van der Waals surface area contributed by atoms with E-state index in [1.54, 1.807) is 0 Å². The lowest BCUT2D eigenvalue weighted by Crippen LogP contribution is -2.61. The van der Waals surface area contributed by atoms with Gasteiger partial charge in [-0.2, -0.15) is 0 Å². The van der Waals surface area contributed by atoms with Gasteiger partial charge in [0.05, 0.1) is 6.61 Å². The summed E-state index contributed by atoms with van der Waals surface area (Å²) in [5.41, 5.74) is 2.94. The van der Waals surface area contributed by atoms with Crippen molar-refractivity contribution in [1.29, 1.82) is 0 Å². The van der Waals surface area contributed by atoms with Gasteiger partial charge in [-0.25, -0.2) is 0 Å². The van der Waals surface area contributed by atoms with Crippen LogP contribution in [0.25, 0.3) is 0 Å². The van der Waals surface area contributed by atoms with Crippen molar-refractivity contribution in [2.24, 2.45) is 5.41 Å². The minimum Gasteiger partial charge on any atom is -0.465 e. The molecule has 4 nitrogen and oxygen atoms in total. The molecule has 1 amide bonds. The lowest BCUT2D eigenvalue weighted by molar-refractivity contribution is -0.164. The summed E-state index contributed by atoms with van der Waals surface area (Å²) in [5, 5.41) is 3.07. The van der Waals surface area contributed by atoms with Gasteiger partial charge >= 0.3 is 5.97 Å². The Balaban J connectivity index is 1.84. The molecule has 0 saturated heterocycles. The predicted molar refractivity (Wildman–Crippen MR) is 116 cm³/mol. The van der Waals surface area contributed by atoms with E-state index < -0.39 is 5.41 Å². The molecule has 30 heavy (non-hydrogen) atoms. The highest BCUT2D eigenvalue weighted by atomic mass is 16.5. The number of carbonyl (C=O) groups excluding carboxylic acids is 2. The van der Waals surface area contributed by atoms with E-state index in [2.05, 4.69) is 29.6 Å². The molecular formula is C26H29NO3. The summed E-state index contributed by atoms with van der Waals surface area (Å²) >= 11 is 0. The second-order valence-corrected chi connectivity index (χ2v) is 9.07. The molecule has 0 aromatic heterocycles. The first-order valence-corrected chi connectivity index (χ1v) is 11.3. The molecule has 4 heteroatoms. The van der Waals surface area contributed by atoms with Crippen molar-refractivity contribution >= 4 is 17.6 Å². The Morgan fingerprint density at radius 3 is 2.50 bits per heavy atom. The average molecular weight is 404 g/mol. The minimum atomic E-state index is -1.22. The number of esters is 1. The Morgan fingerprint density at radius 1 is 1.03 bits per heavy atom. The molecule has 2 aromatic carbocycles. The number of carbonyl (C=O) groups is 2. The quantitative estimate of drug-likeness (QED) is 0.559. The van der Waals surface area contributed by atoms with Gasteiger partial charge < -0.3 is 10.1 Å². The lowest BCUT2D eigenvalue weighted by Gasteiger charge is -2.55. The van der Waals surface area contributed by atoms with Crippen LogP contribution in [0, 0.1) is 5.41 Å². The Bertz CT molecular complexity index is 989. The molecule has 1 saturated carbocycles. The molecule has 3 aliphatic rings. The summed E-state index contributed by atoms with van der Waals surface area (Å²) < 4.78 is 5.61. The van der Waals surface area contributed by atoms with Gasteiger partial charge in [0.25, 0.3) is 0 Å². The third-order valence-corrected chi connectivity index (χ3v) is 7.63. The molecule has 1 N–H and O–H groups in total. The van der Waals surface area contributed by atoms with Gasteiger partial charge in [-0.15, -0.1) is 0 Å². The normalized spacial score (nSPS) is 26.6. The number of anilines is 1. The summed E-state index contributed by atoms with van der Waals surface area (Å²) in [6.45, 7) is 2.09. The molecule has 156 valence electrons. The average Bonchev–Trinajstić information content (AvgIpc) is 3.01. The van der Waals surface area contributed by atoms with Crippen molar-refractivity contribution in [1.82, 2.24) is 0 Å². The van der Waals surface area contributed by atoms with Crippen LogP contribution < -0.4 is 5.32 Å². The predicted octanol–water partition coefficient (Wildman–Crippen LogP) is 5.12. The van der Waals surface area contributed by atoms with Crippen molar-refractivity contribution in [2.75, 3.05) is 11.9 Å². The maximum Gasteiger partial charge on any atom is 0.322 e. The number of hydrogen-bond donors (Lipinski definition) is 1. The van der Waals surface area contributed by atoms with Gasteiger partial charge in [0, 0.05) is 17.0 Å². The topological polar surface area (TPSA) is 55.4 Å². The van der Waals surface area contributed by atoms with E-state index in [1.807, 2.05) is 31.2 Å². The highest BCUT2D eigenvalue weighted by Gasteiger charge is 2.66. The summed E-state index contributed by atoms with van der Waals surface area (Å²) in [4.78, 5) is 27.4. The molecule has 2 aromatic rings. The summed E-state index contributed by atoms with van der Waals surface area (Å²) in [6.07, 6.45) is 7.04. The molecule has 0 bridgehead atoms. The second-order valence-electron chi connectivity index (χ2n) is 9.07. The van der Waals surface area contributed by atoms with Gasteiger partial charge in [0.1, 0.15) is 0 Å². The highest BCUT2D eigenvalue weighted by molar-refractivity contribution is 6.13. The Morgan fingerprint density at radius 2 is 1.73 bits per heavy atom. The highest BCUT2D eigenvalue weighted by Crippen LogP contribution is 2.63. The monoisotopic (exact) mass is 403 g/mol. The van der Waals surface area contributed by atoms with E-state index in [0.717, 1.165) is 42.5 Å². The Kier molecular flexibility index (Phi) is 4.68. The van der Waals surface area contributed by atoms with E-state index in [-0.39, 0.29) is 29.8 Å². The number of hydrogen-bond acceptors (Lipinski definition) is 3. The zero-order valence-electron chi connectivity index (χ0n) is 17.6. The van der Waals surface area contributed by atoms with Crippen LogP contribution in [0.2, 0.25) is 0 Å². The van der Waals surface area contributed by atoms with Crippen LogP contribution in [0.4, 0.5) is 5.69 Å². The lowest BCUT2D eigenvalue weighted by atomic mass is 9.47. The third-order valence-electron chi connectivity index (χ3n) is 7.63. The summed E-state index contributed by atoms with van der Waals surface area (Å²) in [6, 6.07) is 16.5. The van der Waals surface area contributed by atoms with Crippen molar-refractivity contribution in [3.05, 3.63) is 65.2 Å². The number of nitrogens with one attached hydrogen (secondary N) is 1. The summed E-state index contributed by atoms with van der Waals surface area (Å²) in [7, 11) is 0. The first-order chi connectivity index (χ1) is 14.6. The van der Waals surface area contributed by atoms with Gasteiger partial charge in [0.15, 0.2) is 5.41 Å². The van der Waals surface area contributed by atoms with E-state index in [1.165, 1.54) is 18.4 Å². The van der Waals surface area contributed by atoms with Crippen LogP contribution in [0.5, 0.6) is 0 Å². The van der Waals surface area contributed by atoms with Gasteiger partial charge in [-0.3, -0.25) is 9.59 Å². The Labute approximate surface area is 178 Å². The van der Waals surface area contributed by atoms with Crippen LogP contribution in [0.1, 0.15) is 68.1 Å². The molecule has 1 spiro atoms. The first kappa shape index (κ1) is 19.3. The molecule has 5 rings (SSSR count). The fraction of sp³-hybridized carbons (Fsp3) is 0.462. The van der Waals surface area contributed by atoms with Gasteiger partial charge in [0.2, 0.25) is 5.91 Å². The van der Waals surface area contributed by atoms with Crippen molar-refractivity contribution in [2.45, 2.75) is 63.2 Å². The molecule has 1 fully saturated rings. The SMILES string of the molecule is CCOC(=O)[C@]12Cc3ccccc3C3(CCCCCC3)[C@H]1c1ccccc1NC2=O. The molecule has 1 aliphatic heterocycles. The standard InChI is InChI=1S/C26H29NO3/c1-2-30-24(29)26-17-18-11-5-7-13-20(18)25(15-9-3-4-10-16-25)22(26)19-12-6-8-14-21(19)27-23(26)28/h5-8,11-14,22H,2-4,9-10,15-17H2,1H3,(H,27,28)/t22-,26-/m1/s1. The summed E-state index contributed by atoms with van der Waals surface area (Å²) in [5.74, 6) is -0.787. The second kappa shape index (κ2) is 7.26. The Hall–Kier alpha value is -2.62. The molecule has 0 unspecified atom stereocenters. The smallest absolute Gasteiger partial charge is 0.322 e. The number of para-hydroxylation sites is 1. The fourth-order valence-electron chi connectivity index (χ4n) is 6.52. The largest absolute Gasteiger partial charge is 0.465 e. The molecule has 2 atom stereocenters. The number of benzene rings is 2. The zero-order valence-corrected chi connectivity index (χ0v) is 17.6. The van der Waals surface area contributed by atoms with Crippen LogP contribution in [-0.2, 0) is 26.2 Å². The van der Waals surface area contributed by atoms with E-state index in [9.17, 15) is 9.59 Å². The number of amides is 1. The van der Waals surface area contributed by atoms with Gasteiger partial charge in [-0.1, -0.05) is 68.1 Å². The fourth-order valence-corrected chi connectivity index (χ4v) is 6.52. The van der Waals surface area contributed by atoms with Crippen molar-refractivity contribution < 1.29 is 14.3 Å². The maximum absolute atomic E-state index is 13.7. The third kappa shape index (κ3) is 2.59. The molecular weight excluding hydrogens is 374 g/mol. The van der Waals surface area contributed by atoms with Crippen molar-refractivity contribution in [3.8, 4) is 0 Å². The number of ether oxygens (including phenoxy) is 1. The minimum absolute atomic E-state index is 0.206. The maximum atomic E-state index is 13.7. The zero-order chi connectivity index (χ0) is 20.8.